The van der Waals surface area contributed by atoms with Crippen molar-refractivity contribution in [2.45, 2.75) is 6.92 Å². The van der Waals surface area contributed by atoms with E-state index in [1.807, 2.05) is 6.07 Å². The Labute approximate surface area is 137 Å². The van der Waals surface area contributed by atoms with E-state index in [0.717, 1.165) is 10.5 Å². The van der Waals surface area contributed by atoms with Crippen molar-refractivity contribution in [3.63, 3.8) is 0 Å². The summed E-state index contributed by atoms with van der Waals surface area (Å²) in [5.41, 5.74) is 7.30. The Bertz CT molecular complexity index is 1180. The van der Waals surface area contributed by atoms with Crippen LogP contribution < -0.4 is 0 Å². The van der Waals surface area contributed by atoms with Crippen LogP contribution in [0.2, 0.25) is 0 Å². The summed E-state index contributed by atoms with van der Waals surface area (Å²) in [5, 5.41) is 0. The van der Waals surface area contributed by atoms with Crippen LogP contribution in [0.25, 0.3) is 37.3 Å². The number of hydrogen-bond acceptors (Lipinski definition) is 2. The summed E-state index contributed by atoms with van der Waals surface area (Å²) >= 11 is 1.77. The molecule has 0 aliphatic carbocycles. The number of imidazole rings is 1. The molecule has 0 atom stereocenters. The van der Waals surface area contributed by atoms with Gasteiger partial charge in [0.15, 0.2) is 4.96 Å². The van der Waals surface area contributed by atoms with Crippen molar-refractivity contribution in [3.05, 3.63) is 72.3 Å². The predicted molar refractivity (Wildman–Crippen MR) is 98.3 cm³/mol. The lowest BCUT2D eigenvalue weighted by Crippen LogP contribution is -1.83. The summed E-state index contributed by atoms with van der Waals surface area (Å²) in [7, 11) is 0. The molecule has 2 nitrogen and oxygen atoms in total. The Morgan fingerprint density at radius 2 is 1.70 bits per heavy atom. The van der Waals surface area contributed by atoms with E-state index in [1.54, 1.807) is 11.3 Å². The molecule has 0 saturated heterocycles. The van der Waals surface area contributed by atoms with E-state index in [0.29, 0.717) is 0 Å². The number of aromatic nitrogens is 2. The zero-order valence-corrected chi connectivity index (χ0v) is 13.5. The molecule has 0 aliphatic heterocycles. The molecule has 3 heteroatoms. The van der Waals surface area contributed by atoms with Crippen LogP contribution in [0.15, 0.2) is 66.7 Å². The lowest BCUT2D eigenvalue weighted by atomic mass is 10.0. The minimum atomic E-state index is 1.06. The van der Waals surface area contributed by atoms with Crippen molar-refractivity contribution in [1.29, 1.82) is 0 Å². The van der Waals surface area contributed by atoms with Crippen molar-refractivity contribution in [2.24, 2.45) is 0 Å². The summed E-state index contributed by atoms with van der Waals surface area (Å²) in [5.74, 6) is 0. The maximum absolute atomic E-state index is 4.79. The van der Waals surface area contributed by atoms with Gasteiger partial charge in [0.1, 0.15) is 0 Å². The van der Waals surface area contributed by atoms with Gasteiger partial charge in [0.05, 0.1) is 21.3 Å². The number of aryl methyl sites for hydroxylation is 1. The molecule has 0 unspecified atom stereocenters. The van der Waals surface area contributed by atoms with E-state index in [9.17, 15) is 0 Å². The summed E-state index contributed by atoms with van der Waals surface area (Å²) in [6.45, 7) is 2.14. The standard InChI is InChI=1S/C20H14N2S/c1-13-6-4-7-14(12-13)15-8-5-11-18-19(15)23-20-21-16-9-2-3-10-17(16)22(18)20/h2-12H,1H3. The monoisotopic (exact) mass is 314 g/mol. The molecule has 0 saturated carbocycles. The summed E-state index contributed by atoms with van der Waals surface area (Å²) in [6.07, 6.45) is 0. The molecular weight excluding hydrogens is 300 g/mol. The fourth-order valence-corrected chi connectivity index (χ4v) is 4.42. The lowest BCUT2D eigenvalue weighted by molar-refractivity contribution is 1.35. The third-order valence-electron chi connectivity index (χ3n) is 4.29. The van der Waals surface area contributed by atoms with Gasteiger partial charge in [-0.1, -0.05) is 65.4 Å². The van der Waals surface area contributed by atoms with E-state index in [2.05, 4.69) is 72.0 Å². The van der Waals surface area contributed by atoms with E-state index < -0.39 is 0 Å². The van der Waals surface area contributed by atoms with Crippen LogP contribution in [0, 0.1) is 6.92 Å². The van der Waals surface area contributed by atoms with Gasteiger partial charge in [-0.2, -0.15) is 0 Å². The molecule has 0 spiro atoms. The average molecular weight is 314 g/mol. The Morgan fingerprint density at radius 3 is 2.61 bits per heavy atom. The van der Waals surface area contributed by atoms with E-state index >= 15 is 0 Å². The second-order valence-electron chi connectivity index (χ2n) is 5.84. The number of nitrogens with zero attached hydrogens (tertiary/aromatic N) is 2. The molecule has 0 N–H and O–H groups in total. The van der Waals surface area contributed by atoms with Gasteiger partial charge in [0, 0.05) is 5.56 Å². The molecule has 2 heterocycles. The fourth-order valence-electron chi connectivity index (χ4n) is 3.24. The van der Waals surface area contributed by atoms with Gasteiger partial charge >= 0.3 is 0 Å². The quantitative estimate of drug-likeness (QED) is 0.389. The zero-order chi connectivity index (χ0) is 15.4. The first-order valence-corrected chi connectivity index (χ1v) is 8.49. The van der Waals surface area contributed by atoms with Crippen molar-refractivity contribution < 1.29 is 0 Å². The average Bonchev–Trinajstić information content (AvgIpc) is 3.10. The number of thiazole rings is 1. The van der Waals surface area contributed by atoms with Crippen molar-refractivity contribution in [2.75, 3.05) is 0 Å². The highest BCUT2D eigenvalue weighted by atomic mass is 32.1. The minimum absolute atomic E-state index is 1.06. The van der Waals surface area contributed by atoms with Gasteiger partial charge in [-0.05, 0) is 30.7 Å². The van der Waals surface area contributed by atoms with Gasteiger partial charge in [0.2, 0.25) is 0 Å². The SMILES string of the molecule is Cc1cccc(-c2cccc3c2sc2nc4ccccc4n23)c1. The molecular formula is C20H14N2S. The first kappa shape index (κ1) is 12.9. The van der Waals surface area contributed by atoms with Gasteiger partial charge in [-0.25, -0.2) is 4.98 Å². The number of para-hydroxylation sites is 2. The van der Waals surface area contributed by atoms with Crippen LogP contribution in [-0.4, -0.2) is 9.38 Å². The number of hydrogen-bond donors (Lipinski definition) is 0. The van der Waals surface area contributed by atoms with E-state index in [4.69, 9.17) is 4.98 Å². The Morgan fingerprint density at radius 1 is 0.870 bits per heavy atom. The molecule has 5 rings (SSSR count). The van der Waals surface area contributed by atoms with Crippen LogP contribution in [0.4, 0.5) is 0 Å². The molecule has 0 amide bonds. The smallest absolute Gasteiger partial charge is 0.195 e. The van der Waals surface area contributed by atoms with Crippen LogP contribution in [-0.2, 0) is 0 Å². The number of benzene rings is 3. The molecule has 0 fully saturated rings. The fraction of sp³-hybridized carbons (Fsp3) is 0.0500. The highest BCUT2D eigenvalue weighted by Crippen LogP contribution is 2.37. The minimum Gasteiger partial charge on any atom is -0.283 e. The molecule has 23 heavy (non-hydrogen) atoms. The highest BCUT2D eigenvalue weighted by Gasteiger charge is 2.14. The number of fused-ring (bicyclic) bond motifs is 5. The van der Waals surface area contributed by atoms with Crippen LogP contribution in [0.3, 0.4) is 0 Å². The maximum Gasteiger partial charge on any atom is 0.195 e. The topological polar surface area (TPSA) is 17.3 Å². The molecule has 110 valence electrons. The van der Waals surface area contributed by atoms with Crippen LogP contribution in [0.5, 0.6) is 0 Å². The summed E-state index contributed by atoms with van der Waals surface area (Å²) < 4.78 is 3.57. The zero-order valence-electron chi connectivity index (χ0n) is 12.7. The van der Waals surface area contributed by atoms with Crippen LogP contribution in [0.1, 0.15) is 5.56 Å². The van der Waals surface area contributed by atoms with Crippen molar-refractivity contribution >= 4 is 37.5 Å². The molecule has 0 bridgehead atoms. The maximum atomic E-state index is 4.79. The third kappa shape index (κ3) is 1.83. The number of rotatable bonds is 1. The van der Waals surface area contributed by atoms with E-state index in [-0.39, 0.29) is 0 Å². The predicted octanol–water partition coefficient (Wildman–Crippen LogP) is 5.68. The highest BCUT2D eigenvalue weighted by molar-refractivity contribution is 7.24. The van der Waals surface area contributed by atoms with Gasteiger partial charge < -0.3 is 0 Å². The lowest BCUT2D eigenvalue weighted by Gasteiger charge is -2.04. The largest absolute Gasteiger partial charge is 0.283 e. The normalized spacial score (nSPS) is 11.7. The Kier molecular flexibility index (Phi) is 2.61. The van der Waals surface area contributed by atoms with Gasteiger partial charge in [0.25, 0.3) is 0 Å². The van der Waals surface area contributed by atoms with Crippen molar-refractivity contribution in [3.8, 4) is 11.1 Å². The molecule has 2 aromatic heterocycles. The first-order valence-electron chi connectivity index (χ1n) is 7.67. The Balaban J connectivity index is 1.91. The molecule has 0 aliphatic rings. The third-order valence-corrected chi connectivity index (χ3v) is 5.38. The van der Waals surface area contributed by atoms with Gasteiger partial charge in [-0.3, -0.25) is 4.40 Å². The summed E-state index contributed by atoms with van der Waals surface area (Å²) in [4.78, 5) is 5.84. The molecule has 0 radical (unpaired) electrons. The van der Waals surface area contributed by atoms with Crippen molar-refractivity contribution in [1.82, 2.24) is 9.38 Å². The van der Waals surface area contributed by atoms with Crippen LogP contribution >= 0.6 is 11.3 Å². The first-order chi connectivity index (χ1) is 11.3. The second-order valence-corrected chi connectivity index (χ2v) is 6.82. The molecule has 3 aromatic carbocycles. The van der Waals surface area contributed by atoms with E-state index in [1.165, 1.54) is 32.4 Å². The summed E-state index contributed by atoms with van der Waals surface area (Å²) in [6, 6.07) is 23.5. The molecule has 5 aromatic rings. The Hall–Kier alpha value is -2.65. The second kappa shape index (κ2) is 4.67. The van der Waals surface area contributed by atoms with Gasteiger partial charge in [-0.15, -0.1) is 0 Å².